The van der Waals surface area contributed by atoms with Gasteiger partial charge in [0.25, 0.3) is 0 Å². The number of ether oxygens (including phenoxy) is 1. The molecule has 0 aromatic heterocycles. The normalized spacial score (nSPS) is 15.3. The lowest BCUT2D eigenvalue weighted by Gasteiger charge is -2.36. The smallest absolute Gasteiger partial charge is 0.407 e. The van der Waals surface area contributed by atoms with Gasteiger partial charge in [-0.3, -0.25) is 4.79 Å². The Morgan fingerprint density at radius 1 is 1.16 bits per heavy atom. The van der Waals surface area contributed by atoms with Crippen molar-refractivity contribution in [3.63, 3.8) is 0 Å². The van der Waals surface area contributed by atoms with E-state index >= 15 is 0 Å². The first-order chi connectivity index (χ1) is 11.5. The number of carboxylic acids is 1. The van der Waals surface area contributed by atoms with Crippen molar-refractivity contribution in [1.29, 1.82) is 0 Å². The van der Waals surface area contributed by atoms with Crippen LogP contribution in [0.5, 0.6) is 0 Å². The summed E-state index contributed by atoms with van der Waals surface area (Å²) >= 11 is 0. The predicted molar refractivity (Wildman–Crippen MR) is 95.0 cm³/mol. The van der Waals surface area contributed by atoms with Crippen LogP contribution in [0.25, 0.3) is 0 Å². The zero-order chi connectivity index (χ0) is 19.2. The van der Waals surface area contributed by atoms with Crippen molar-refractivity contribution in [2.45, 2.75) is 53.4 Å². The maximum Gasteiger partial charge on any atom is 0.407 e. The highest BCUT2D eigenvalue weighted by Crippen LogP contribution is 2.31. The summed E-state index contributed by atoms with van der Waals surface area (Å²) in [5.74, 6) is -2.28. The molecule has 0 aliphatic rings. The minimum atomic E-state index is -1.23. The third kappa shape index (κ3) is 6.38. The van der Waals surface area contributed by atoms with E-state index < -0.39 is 35.5 Å². The molecule has 140 valence electrons. The lowest BCUT2D eigenvalue weighted by molar-refractivity contribution is -0.152. The van der Waals surface area contributed by atoms with Gasteiger partial charge in [-0.05, 0) is 16.9 Å². The van der Waals surface area contributed by atoms with E-state index in [1.807, 2.05) is 44.2 Å². The summed E-state index contributed by atoms with van der Waals surface area (Å²) in [6, 6.07) is 8.50. The highest BCUT2D eigenvalue weighted by molar-refractivity contribution is 5.72. The first-order valence-corrected chi connectivity index (χ1v) is 8.42. The third-order valence-corrected chi connectivity index (χ3v) is 4.12. The van der Waals surface area contributed by atoms with Crippen LogP contribution < -0.4 is 5.32 Å². The minimum absolute atomic E-state index is 0.106. The fourth-order valence-electron chi connectivity index (χ4n) is 2.78. The van der Waals surface area contributed by atoms with Crippen molar-refractivity contribution < 1.29 is 24.5 Å². The molecule has 3 N–H and O–H groups in total. The number of hydrogen-bond acceptors (Lipinski definition) is 4. The van der Waals surface area contributed by atoms with Gasteiger partial charge in [-0.25, -0.2) is 4.79 Å². The molecule has 6 heteroatoms. The lowest BCUT2D eigenvalue weighted by Crippen LogP contribution is -2.54. The van der Waals surface area contributed by atoms with Crippen LogP contribution in [0.4, 0.5) is 4.79 Å². The van der Waals surface area contributed by atoms with E-state index in [4.69, 9.17) is 4.74 Å². The summed E-state index contributed by atoms with van der Waals surface area (Å²) < 4.78 is 5.18. The monoisotopic (exact) mass is 351 g/mol. The lowest BCUT2D eigenvalue weighted by atomic mass is 9.74. The van der Waals surface area contributed by atoms with E-state index in [0.717, 1.165) is 5.56 Å². The van der Waals surface area contributed by atoms with Gasteiger partial charge in [0, 0.05) is 0 Å². The largest absolute Gasteiger partial charge is 0.481 e. The van der Waals surface area contributed by atoms with Gasteiger partial charge in [-0.15, -0.1) is 0 Å². The molecule has 0 saturated heterocycles. The van der Waals surface area contributed by atoms with E-state index in [1.54, 1.807) is 20.8 Å². The number of aliphatic hydroxyl groups is 1. The maximum atomic E-state index is 12.1. The summed E-state index contributed by atoms with van der Waals surface area (Å²) in [7, 11) is 0. The molecule has 6 nitrogen and oxygen atoms in total. The van der Waals surface area contributed by atoms with Crippen LogP contribution >= 0.6 is 0 Å². The van der Waals surface area contributed by atoms with Crippen LogP contribution in [0.15, 0.2) is 30.3 Å². The molecule has 0 radical (unpaired) electrons. The second kappa shape index (κ2) is 8.85. The van der Waals surface area contributed by atoms with Crippen molar-refractivity contribution in [1.82, 2.24) is 5.32 Å². The average molecular weight is 351 g/mol. The number of amides is 1. The Hall–Kier alpha value is -2.08. The molecule has 3 atom stereocenters. The fourth-order valence-corrected chi connectivity index (χ4v) is 2.78. The second-order valence-corrected chi connectivity index (χ2v) is 7.65. The summed E-state index contributed by atoms with van der Waals surface area (Å²) in [5, 5.41) is 22.7. The molecule has 0 aliphatic heterocycles. The van der Waals surface area contributed by atoms with Crippen LogP contribution in [-0.2, 0) is 16.1 Å². The van der Waals surface area contributed by atoms with Crippen molar-refractivity contribution in [3.05, 3.63) is 35.9 Å². The molecule has 25 heavy (non-hydrogen) atoms. The standard InChI is InChI=1S/C19H29NO5/c1-12(2)15(16(21)14(17(22)23)19(3,4)5)20-18(24)25-11-13-9-7-6-8-10-13/h6-10,12,14-16,21H,11H2,1-5H3,(H,20,24)(H,22,23)/t14?,15-,16+/m0/s1. The molecule has 1 rings (SSSR count). The highest BCUT2D eigenvalue weighted by atomic mass is 16.5. The molecule has 0 spiro atoms. The van der Waals surface area contributed by atoms with Gasteiger partial charge in [-0.1, -0.05) is 65.0 Å². The van der Waals surface area contributed by atoms with Crippen LogP contribution in [0, 0.1) is 17.3 Å². The number of alkyl carbamates (subject to hydrolysis) is 1. The minimum Gasteiger partial charge on any atom is -0.481 e. The van der Waals surface area contributed by atoms with Crippen LogP contribution in [0.3, 0.4) is 0 Å². The topological polar surface area (TPSA) is 95.9 Å². The van der Waals surface area contributed by atoms with Gasteiger partial charge < -0.3 is 20.3 Å². The number of aliphatic hydroxyl groups excluding tert-OH is 1. The zero-order valence-corrected chi connectivity index (χ0v) is 15.5. The summed E-state index contributed by atoms with van der Waals surface area (Å²) in [6.07, 6.45) is -1.92. The fraction of sp³-hybridized carbons (Fsp3) is 0.579. The Bertz CT molecular complexity index is 565. The Balaban J connectivity index is 2.78. The van der Waals surface area contributed by atoms with E-state index in [1.165, 1.54) is 0 Å². The molecule has 0 fully saturated rings. The van der Waals surface area contributed by atoms with Gasteiger partial charge in [-0.2, -0.15) is 0 Å². The molecule has 1 aromatic rings. The quantitative estimate of drug-likeness (QED) is 0.702. The number of carbonyl (C=O) groups is 2. The number of hydrogen-bond donors (Lipinski definition) is 3. The van der Waals surface area contributed by atoms with Gasteiger partial charge in [0.05, 0.1) is 18.1 Å². The molecule has 1 unspecified atom stereocenters. The van der Waals surface area contributed by atoms with Crippen LogP contribution in [0.1, 0.15) is 40.2 Å². The predicted octanol–water partition coefficient (Wildman–Crippen LogP) is 3.05. The number of rotatable bonds is 7. The van der Waals surface area contributed by atoms with E-state index in [2.05, 4.69) is 5.32 Å². The van der Waals surface area contributed by atoms with Gasteiger partial charge in [0.2, 0.25) is 0 Å². The molecule has 0 bridgehead atoms. The maximum absolute atomic E-state index is 12.1. The number of carboxylic acid groups (broad SMARTS) is 1. The van der Waals surface area contributed by atoms with Crippen LogP contribution in [-0.4, -0.2) is 34.4 Å². The number of aliphatic carboxylic acids is 1. The molecule has 1 amide bonds. The molecular formula is C19H29NO5. The Labute approximate surface area is 149 Å². The summed E-state index contributed by atoms with van der Waals surface area (Å²) in [5.41, 5.74) is 0.186. The van der Waals surface area contributed by atoms with Gasteiger partial charge >= 0.3 is 12.1 Å². The first-order valence-electron chi connectivity index (χ1n) is 8.42. The summed E-state index contributed by atoms with van der Waals surface area (Å²) in [6.45, 7) is 8.98. The molecular weight excluding hydrogens is 322 g/mol. The third-order valence-electron chi connectivity index (χ3n) is 4.12. The Morgan fingerprint density at radius 2 is 1.72 bits per heavy atom. The van der Waals surface area contributed by atoms with E-state index in [-0.39, 0.29) is 12.5 Å². The van der Waals surface area contributed by atoms with Crippen molar-refractivity contribution in [2.75, 3.05) is 0 Å². The Morgan fingerprint density at radius 3 is 2.16 bits per heavy atom. The summed E-state index contributed by atoms with van der Waals surface area (Å²) in [4.78, 5) is 23.7. The zero-order valence-electron chi connectivity index (χ0n) is 15.5. The van der Waals surface area contributed by atoms with Gasteiger partial charge in [0.1, 0.15) is 6.61 Å². The number of carbonyl (C=O) groups excluding carboxylic acids is 1. The van der Waals surface area contributed by atoms with Crippen molar-refractivity contribution in [2.24, 2.45) is 17.3 Å². The van der Waals surface area contributed by atoms with Gasteiger partial charge in [0.15, 0.2) is 0 Å². The van der Waals surface area contributed by atoms with Crippen molar-refractivity contribution in [3.8, 4) is 0 Å². The molecule has 0 saturated carbocycles. The number of benzene rings is 1. The van der Waals surface area contributed by atoms with E-state index in [0.29, 0.717) is 0 Å². The second-order valence-electron chi connectivity index (χ2n) is 7.65. The SMILES string of the molecule is CC(C)[C@H](NC(=O)OCc1ccccc1)[C@H](O)C(C(=O)O)C(C)(C)C. The van der Waals surface area contributed by atoms with Crippen LogP contribution in [0.2, 0.25) is 0 Å². The first kappa shape index (κ1) is 21.0. The Kier molecular flexibility index (Phi) is 7.42. The average Bonchev–Trinajstić information content (AvgIpc) is 2.49. The number of nitrogens with one attached hydrogen (secondary N) is 1. The molecule has 1 aromatic carbocycles. The molecule has 0 aliphatic carbocycles. The van der Waals surface area contributed by atoms with E-state index in [9.17, 15) is 19.8 Å². The molecule has 0 heterocycles. The van der Waals surface area contributed by atoms with Crippen molar-refractivity contribution >= 4 is 12.1 Å². The highest BCUT2D eigenvalue weighted by Gasteiger charge is 2.42.